The monoisotopic (exact) mass is 353 g/mol. The summed E-state index contributed by atoms with van der Waals surface area (Å²) in [6, 6.07) is 10.8. The van der Waals surface area contributed by atoms with E-state index in [2.05, 4.69) is 4.72 Å². The van der Waals surface area contributed by atoms with E-state index in [0.717, 1.165) is 0 Å². The van der Waals surface area contributed by atoms with Gasteiger partial charge in [0.25, 0.3) is 10.0 Å². The zero-order valence-corrected chi connectivity index (χ0v) is 13.3. The molecule has 7 heteroatoms. The summed E-state index contributed by atoms with van der Waals surface area (Å²) in [6.45, 7) is 0. The standard InChI is InChI=1S/C15H9Cl2NO3S/c16-10-6-5-9(12(17)8-10)7-13-15(19)11-3-1-2-4-14(11)22(20,21)18-13/h1-8,18H/b13-7-. The van der Waals surface area contributed by atoms with Crippen molar-refractivity contribution in [2.24, 2.45) is 0 Å². The third-order valence-electron chi connectivity index (χ3n) is 3.17. The molecule has 112 valence electrons. The SMILES string of the molecule is O=C1/C(=C/c2ccc(Cl)cc2Cl)NS(=O)(=O)c2ccccc21. The normalized spacial score (nSPS) is 17.9. The fraction of sp³-hybridized carbons (Fsp3) is 0. The van der Waals surface area contributed by atoms with Crippen LogP contribution in [-0.2, 0) is 10.0 Å². The molecule has 0 fully saturated rings. The molecule has 0 saturated heterocycles. The second-order valence-electron chi connectivity index (χ2n) is 4.65. The third kappa shape index (κ3) is 2.63. The number of halogens is 2. The molecule has 0 spiro atoms. The van der Waals surface area contributed by atoms with Gasteiger partial charge in [-0.1, -0.05) is 41.4 Å². The molecule has 0 bridgehead atoms. The number of carbonyl (C=O) groups excluding carboxylic acids is 1. The number of fused-ring (bicyclic) bond motifs is 1. The summed E-state index contributed by atoms with van der Waals surface area (Å²) >= 11 is 11.9. The topological polar surface area (TPSA) is 63.2 Å². The molecule has 1 N–H and O–H groups in total. The molecule has 0 amide bonds. The van der Waals surface area contributed by atoms with Crippen LogP contribution in [0.3, 0.4) is 0 Å². The number of nitrogens with one attached hydrogen (secondary N) is 1. The third-order valence-corrected chi connectivity index (χ3v) is 5.16. The quantitative estimate of drug-likeness (QED) is 0.797. The van der Waals surface area contributed by atoms with Gasteiger partial charge in [0.2, 0.25) is 5.78 Å². The van der Waals surface area contributed by atoms with E-state index in [9.17, 15) is 13.2 Å². The minimum Gasteiger partial charge on any atom is -0.287 e. The van der Waals surface area contributed by atoms with Gasteiger partial charge in [0.1, 0.15) is 0 Å². The van der Waals surface area contributed by atoms with Crippen molar-refractivity contribution in [3.63, 3.8) is 0 Å². The van der Waals surface area contributed by atoms with Crippen molar-refractivity contribution in [3.8, 4) is 0 Å². The summed E-state index contributed by atoms with van der Waals surface area (Å²) in [4.78, 5) is 12.4. The molecular formula is C15H9Cl2NO3S. The number of ketones is 1. The molecule has 3 rings (SSSR count). The fourth-order valence-corrected chi connectivity index (χ4v) is 3.87. The van der Waals surface area contributed by atoms with Crippen LogP contribution >= 0.6 is 23.2 Å². The fourth-order valence-electron chi connectivity index (χ4n) is 2.15. The zero-order chi connectivity index (χ0) is 15.9. The van der Waals surface area contributed by atoms with Crippen LogP contribution in [0.2, 0.25) is 10.0 Å². The van der Waals surface area contributed by atoms with Crippen LogP contribution < -0.4 is 4.72 Å². The zero-order valence-electron chi connectivity index (χ0n) is 11.0. The summed E-state index contributed by atoms with van der Waals surface area (Å²) in [6.07, 6.45) is 1.40. The van der Waals surface area contributed by atoms with Crippen LogP contribution in [0.25, 0.3) is 6.08 Å². The number of sulfonamides is 1. The lowest BCUT2D eigenvalue weighted by atomic mass is 10.1. The Balaban J connectivity index is 2.14. The number of hydrogen-bond donors (Lipinski definition) is 1. The van der Waals surface area contributed by atoms with E-state index in [4.69, 9.17) is 23.2 Å². The van der Waals surface area contributed by atoms with E-state index in [1.54, 1.807) is 24.3 Å². The van der Waals surface area contributed by atoms with Crippen molar-refractivity contribution in [2.75, 3.05) is 0 Å². The van der Waals surface area contributed by atoms with Gasteiger partial charge in [-0.3, -0.25) is 9.52 Å². The second-order valence-corrected chi connectivity index (χ2v) is 7.15. The number of benzene rings is 2. The summed E-state index contributed by atoms with van der Waals surface area (Å²) in [5.41, 5.74) is 0.581. The van der Waals surface area contributed by atoms with Gasteiger partial charge in [-0.05, 0) is 35.9 Å². The predicted molar refractivity (Wildman–Crippen MR) is 85.5 cm³/mol. The Morgan fingerprint density at radius 2 is 1.77 bits per heavy atom. The van der Waals surface area contributed by atoms with Gasteiger partial charge in [0, 0.05) is 15.6 Å². The first kappa shape index (κ1) is 15.1. The molecule has 1 aliphatic heterocycles. The molecule has 0 radical (unpaired) electrons. The van der Waals surface area contributed by atoms with E-state index in [1.165, 1.54) is 24.3 Å². The van der Waals surface area contributed by atoms with Gasteiger partial charge in [0.05, 0.1) is 10.6 Å². The van der Waals surface area contributed by atoms with Crippen LogP contribution in [-0.4, -0.2) is 14.2 Å². The highest BCUT2D eigenvalue weighted by Gasteiger charge is 2.31. The van der Waals surface area contributed by atoms with Crippen molar-refractivity contribution in [1.29, 1.82) is 0 Å². The first-order valence-electron chi connectivity index (χ1n) is 6.22. The number of hydrogen-bond acceptors (Lipinski definition) is 3. The summed E-state index contributed by atoms with van der Waals surface area (Å²) in [5, 5.41) is 0.777. The Morgan fingerprint density at radius 1 is 1.05 bits per heavy atom. The largest absolute Gasteiger partial charge is 0.287 e. The van der Waals surface area contributed by atoms with Gasteiger partial charge in [0.15, 0.2) is 0 Å². The van der Waals surface area contributed by atoms with Crippen molar-refractivity contribution >= 4 is 45.1 Å². The van der Waals surface area contributed by atoms with Gasteiger partial charge in [-0.15, -0.1) is 0 Å². The molecule has 0 unspecified atom stereocenters. The van der Waals surface area contributed by atoms with E-state index >= 15 is 0 Å². The van der Waals surface area contributed by atoms with Gasteiger partial charge in [-0.25, -0.2) is 8.42 Å². The number of carbonyl (C=O) groups is 1. The molecular weight excluding hydrogens is 345 g/mol. The first-order valence-corrected chi connectivity index (χ1v) is 8.46. The average Bonchev–Trinajstić information content (AvgIpc) is 2.47. The molecule has 0 aliphatic carbocycles. The van der Waals surface area contributed by atoms with Gasteiger partial charge < -0.3 is 0 Å². The smallest absolute Gasteiger partial charge is 0.262 e. The highest BCUT2D eigenvalue weighted by atomic mass is 35.5. The maximum atomic E-state index is 12.4. The molecule has 2 aromatic carbocycles. The number of rotatable bonds is 1. The van der Waals surface area contributed by atoms with Crippen LogP contribution in [0.5, 0.6) is 0 Å². The van der Waals surface area contributed by atoms with Crippen molar-refractivity contribution in [1.82, 2.24) is 4.72 Å². The lowest BCUT2D eigenvalue weighted by Crippen LogP contribution is -2.34. The molecule has 2 aromatic rings. The Morgan fingerprint density at radius 3 is 2.50 bits per heavy atom. The Hall–Kier alpha value is -1.82. The molecule has 0 atom stereocenters. The van der Waals surface area contributed by atoms with Crippen LogP contribution in [0.4, 0.5) is 0 Å². The lowest BCUT2D eigenvalue weighted by molar-refractivity contribution is 0.102. The molecule has 0 aromatic heterocycles. The van der Waals surface area contributed by atoms with Crippen molar-refractivity contribution < 1.29 is 13.2 Å². The van der Waals surface area contributed by atoms with Crippen molar-refractivity contribution in [3.05, 3.63) is 69.3 Å². The molecule has 1 aliphatic rings. The highest BCUT2D eigenvalue weighted by Crippen LogP contribution is 2.28. The summed E-state index contributed by atoms with van der Waals surface area (Å²) in [5.74, 6) is -0.406. The highest BCUT2D eigenvalue weighted by molar-refractivity contribution is 7.90. The van der Waals surface area contributed by atoms with E-state index < -0.39 is 15.8 Å². The van der Waals surface area contributed by atoms with Crippen LogP contribution in [0, 0.1) is 0 Å². The van der Waals surface area contributed by atoms with Gasteiger partial charge >= 0.3 is 0 Å². The van der Waals surface area contributed by atoms with Crippen molar-refractivity contribution in [2.45, 2.75) is 4.90 Å². The summed E-state index contributed by atoms with van der Waals surface area (Å²) in [7, 11) is -3.77. The molecule has 1 heterocycles. The van der Waals surface area contributed by atoms with E-state index in [-0.39, 0.29) is 16.2 Å². The van der Waals surface area contributed by atoms with Crippen LogP contribution in [0.15, 0.2) is 53.1 Å². The van der Waals surface area contributed by atoms with Gasteiger partial charge in [-0.2, -0.15) is 0 Å². The van der Waals surface area contributed by atoms with Crippen LogP contribution in [0.1, 0.15) is 15.9 Å². The number of Topliss-reactive ketones (excluding diaryl/α,β-unsaturated/α-hetero) is 1. The first-order chi connectivity index (χ1) is 10.4. The summed E-state index contributed by atoms with van der Waals surface area (Å²) < 4.78 is 26.7. The van der Waals surface area contributed by atoms with E-state index in [1.807, 2.05) is 0 Å². The Kier molecular flexibility index (Phi) is 3.72. The minimum absolute atomic E-state index is 0.0284. The Labute approximate surface area is 137 Å². The second kappa shape index (κ2) is 5.43. The maximum absolute atomic E-state index is 12.4. The Bertz CT molecular complexity index is 920. The average molecular weight is 354 g/mol. The molecule has 22 heavy (non-hydrogen) atoms. The van der Waals surface area contributed by atoms with E-state index in [0.29, 0.717) is 15.6 Å². The predicted octanol–water partition coefficient (Wildman–Crippen LogP) is 3.51. The molecule has 4 nitrogen and oxygen atoms in total. The minimum atomic E-state index is -3.77. The number of allylic oxidation sites excluding steroid dienone is 1. The lowest BCUT2D eigenvalue weighted by Gasteiger charge is -2.19. The molecule has 0 saturated carbocycles. The maximum Gasteiger partial charge on any atom is 0.262 e.